The molecule has 1 amide bonds. The number of hydrogen-bond acceptors (Lipinski definition) is 3. The summed E-state index contributed by atoms with van der Waals surface area (Å²) in [4.78, 5) is 12.8. The second-order valence-corrected chi connectivity index (χ2v) is 9.28. The summed E-state index contributed by atoms with van der Waals surface area (Å²) in [7, 11) is 0. The fourth-order valence-corrected chi connectivity index (χ4v) is 4.16. The molecule has 4 rings (SSSR count). The number of carbonyl (C=O) groups excluding carboxylic acids is 1. The summed E-state index contributed by atoms with van der Waals surface area (Å²) < 4.78 is 36.1. The summed E-state index contributed by atoms with van der Waals surface area (Å²) in [6.07, 6.45) is 2.06. The van der Waals surface area contributed by atoms with Gasteiger partial charge in [0, 0.05) is 17.4 Å². The van der Waals surface area contributed by atoms with Crippen molar-refractivity contribution in [1.82, 2.24) is 15.1 Å². The third-order valence-corrected chi connectivity index (χ3v) is 6.07. The highest BCUT2D eigenvalue weighted by Gasteiger charge is 2.40. The molecule has 0 aliphatic rings. The number of halogens is 2. The number of hydrogen-bond donors (Lipinski definition) is 1. The van der Waals surface area contributed by atoms with Crippen molar-refractivity contribution in [3.8, 4) is 11.4 Å². The SMILES string of the molecule is CC[C@](NC(=O)C(C)(C)F)(Oc1ccc2c(cnn2-c2ccc(F)cc2)c1)c1ccc(C)cc1C. The van der Waals surface area contributed by atoms with E-state index >= 15 is 0 Å². The molecule has 3 aromatic carbocycles. The molecule has 35 heavy (non-hydrogen) atoms. The molecule has 1 aromatic heterocycles. The highest BCUT2D eigenvalue weighted by atomic mass is 19.1. The maximum Gasteiger partial charge on any atom is 0.260 e. The van der Waals surface area contributed by atoms with Crippen molar-refractivity contribution in [2.24, 2.45) is 0 Å². The molecule has 182 valence electrons. The third-order valence-electron chi connectivity index (χ3n) is 6.07. The Morgan fingerprint density at radius 1 is 1.06 bits per heavy atom. The lowest BCUT2D eigenvalue weighted by molar-refractivity contribution is -0.138. The quantitative estimate of drug-likeness (QED) is 0.318. The molecular weight excluding hydrogens is 448 g/mol. The molecule has 0 radical (unpaired) electrons. The van der Waals surface area contributed by atoms with Crippen LogP contribution in [0.2, 0.25) is 0 Å². The smallest absolute Gasteiger partial charge is 0.260 e. The number of ether oxygens (including phenoxy) is 1. The molecule has 0 saturated carbocycles. The van der Waals surface area contributed by atoms with E-state index in [0.29, 0.717) is 12.2 Å². The van der Waals surface area contributed by atoms with E-state index in [1.54, 1.807) is 29.1 Å². The van der Waals surface area contributed by atoms with Crippen molar-refractivity contribution in [2.75, 3.05) is 0 Å². The zero-order valence-corrected chi connectivity index (χ0v) is 20.5. The molecule has 0 fully saturated rings. The monoisotopic (exact) mass is 477 g/mol. The number of carbonyl (C=O) groups is 1. The largest absolute Gasteiger partial charge is 0.464 e. The average molecular weight is 478 g/mol. The second-order valence-electron chi connectivity index (χ2n) is 9.28. The molecule has 0 aliphatic carbocycles. The summed E-state index contributed by atoms with van der Waals surface area (Å²) in [6.45, 7) is 8.26. The molecule has 4 aromatic rings. The molecule has 0 spiro atoms. The van der Waals surface area contributed by atoms with Crippen molar-refractivity contribution < 1.29 is 18.3 Å². The normalized spacial score (nSPS) is 13.5. The first-order valence-electron chi connectivity index (χ1n) is 11.5. The first kappa shape index (κ1) is 24.4. The second kappa shape index (κ2) is 9.13. The van der Waals surface area contributed by atoms with E-state index in [1.165, 1.54) is 26.0 Å². The van der Waals surface area contributed by atoms with Gasteiger partial charge in [0.05, 0.1) is 17.4 Å². The first-order valence-corrected chi connectivity index (χ1v) is 11.5. The fraction of sp³-hybridized carbons (Fsp3) is 0.286. The van der Waals surface area contributed by atoms with Crippen LogP contribution < -0.4 is 10.1 Å². The number of amides is 1. The van der Waals surface area contributed by atoms with Gasteiger partial charge in [0.1, 0.15) is 11.6 Å². The number of benzene rings is 3. The van der Waals surface area contributed by atoms with Crippen LogP contribution in [0.5, 0.6) is 5.75 Å². The number of fused-ring (bicyclic) bond motifs is 1. The Hall–Kier alpha value is -3.74. The fourth-order valence-electron chi connectivity index (χ4n) is 4.16. The highest BCUT2D eigenvalue weighted by molar-refractivity contribution is 5.85. The molecule has 0 bridgehead atoms. The van der Waals surface area contributed by atoms with Gasteiger partial charge in [-0.3, -0.25) is 4.79 Å². The molecule has 0 saturated heterocycles. The van der Waals surface area contributed by atoms with Crippen LogP contribution in [0.4, 0.5) is 8.78 Å². The lowest BCUT2D eigenvalue weighted by atomic mass is 9.92. The number of aryl methyl sites for hydroxylation is 2. The van der Waals surface area contributed by atoms with Crippen molar-refractivity contribution in [3.63, 3.8) is 0 Å². The van der Waals surface area contributed by atoms with E-state index in [1.807, 2.05) is 51.1 Å². The summed E-state index contributed by atoms with van der Waals surface area (Å²) in [5, 5.41) is 8.07. The van der Waals surface area contributed by atoms with Crippen LogP contribution >= 0.6 is 0 Å². The molecule has 5 nitrogen and oxygen atoms in total. The lowest BCUT2D eigenvalue weighted by Crippen LogP contribution is -2.54. The van der Waals surface area contributed by atoms with Crippen molar-refractivity contribution >= 4 is 16.8 Å². The predicted molar refractivity (Wildman–Crippen MR) is 133 cm³/mol. The van der Waals surface area contributed by atoms with Gasteiger partial charge in [-0.1, -0.05) is 30.7 Å². The molecule has 1 N–H and O–H groups in total. The van der Waals surface area contributed by atoms with E-state index < -0.39 is 17.3 Å². The number of aromatic nitrogens is 2. The minimum Gasteiger partial charge on any atom is -0.464 e. The van der Waals surface area contributed by atoms with Gasteiger partial charge in [0.25, 0.3) is 5.91 Å². The van der Waals surface area contributed by atoms with Gasteiger partial charge in [-0.05, 0) is 75.7 Å². The van der Waals surface area contributed by atoms with Crippen LogP contribution in [-0.2, 0) is 10.5 Å². The number of nitrogens with one attached hydrogen (secondary N) is 1. The Labute approximate surface area is 203 Å². The minimum atomic E-state index is -2.08. The van der Waals surface area contributed by atoms with Crippen LogP contribution in [0.1, 0.15) is 43.9 Å². The Balaban J connectivity index is 1.76. The predicted octanol–water partition coefficient (Wildman–Crippen LogP) is 6.29. The topological polar surface area (TPSA) is 56.1 Å². The van der Waals surface area contributed by atoms with Crippen LogP contribution in [0, 0.1) is 19.7 Å². The zero-order chi connectivity index (χ0) is 25.4. The van der Waals surface area contributed by atoms with Crippen molar-refractivity contribution in [2.45, 2.75) is 52.4 Å². The van der Waals surface area contributed by atoms with E-state index in [4.69, 9.17) is 4.74 Å². The van der Waals surface area contributed by atoms with Crippen LogP contribution in [0.25, 0.3) is 16.6 Å². The highest BCUT2D eigenvalue weighted by Crippen LogP contribution is 2.34. The summed E-state index contributed by atoms with van der Waals surface area (Å²) in [5.74, 6) is -0.582. The minimum absolute atomic E-state index is 0.318. The summed E-state index contributed by atoms with van der Waals surface area (Å²) >= 11 is 0. The van der Waals surface area contributed by atoms with Gasteiger partial charge in [-0.15, -0.1) is 0 Å². The van der Waals surface area contributed by atoms with Gasteiger partial charge in [0.15, 0.2) is 5.67 Å². The molecule has 0 unspecified atom stereocenters. The van der Waals surface area contributed by atoms with Crippen LogP contribution in [-0.4, -0.2) is 21.4 Å². The number of rotatable bonds is 7. The Morgan fingerprint density at radius 3 is 2.40 bits per heavy atom. The lowest BCUT2D eigenvalue weighted by Gasteiger charge is -2.37. The van der Waals surface area contributed by atoms with E-state index in [2.05, 4.69) is 10.4 Å². The van der Waals surface area contributed by atoms with E-state index in [0.717, 1.165) is 33.3 Å². The van der Waals surface area contributed by atoms with Gasteiger partial charge in [0.2, 0.25) is 5.72 Å². The number of alkyl halides is 1. The van der Waals surface area contributed by atoms with E-state index in [-0.39, 0.29) is 5.82 Å². The summed E-state index contributed by atoms with van der Waals surface area (Å²) in [6, 6.07) is 17.4. The molecule has 7 heteroatoms. The van der Waals surface area contributed by atoms with Crippen LogP contribution in [0.15, 0.2) is 66.9 Å². The Morgan fingerprint density at radius 2 is 1.77 bits per heavy atom. The van der Waals surface area contributed by atoms with Crippen molar-refractivity contribution in [1.29, 1.82) is 0 Å². The molecule has 0 aliphatic heterocycles. The summed E-state index contributed by atoms with van der Waals surface area (Å²) in [5.41, 5.74) is 0.932. The maximum absolute atomic E-state index is 14.6. The van der Waals surface area contributed by atoms with Gasteiger partial charge < -0.3 is 10.1 Å². The van der Waals surface area contributed by atoms with Gasteiger partial charge >= 0.3 is 0 Å². The number of nitrogens with zero attached hydrogens (tertiary/aromatic N) is 2. The molecular formula is C28H29F2N3O2. The zero-order valence-electron chi connectivity index (χ0n) is 20.5. The van der Waals surface area contributed by atoms with Gasteiger partial charge in [-0.25, -0.2) is 13.5 Å². The molecule has 1 heterocycles. The van der Waals surface area contributed by atoms with Crippen molar-refractivity contribution in [3.05, 3.63) is 89.4 Å². The first-order chi connectivity index (χ1) is 16.5. The Kier molecular flexibility index (Phi) is 6.36. The maximum atomic E-state index is 14.6. The standard InChI is InChI=1S/C28H29F2N3O2/c1-6-28(32-26(34)27(4,5)30,24-13-7-18(2)15-19(24)3)35-23-12-14-25-20(16-23)17-31-33(25)22-10-8-21(29)9-11-22/h7-17H,6H2,1-5H3,(H,32,34)/t28-/m0/s1. The molecule has 1 atom stereocenters. The Bertz CT molecular complexity index is 1370. The van der Waals surface area contributed by atoms with Crippen LogP contribution in [0.3, 0.4) is 0 Å². The van der Waals surface area contributed by atoms with Gasteiger partial charge in [-0.2, -0.15) is 5.10 Å². The van der Waals surface area contributed by atoms with E-state index in [9.17, 15) is 13.6 Å². The third kappa shape index (κ3) is 4.90. The average Bonchev–Trinajstić information content (AvgIpc) is 3.21.